The Morgan fingerprint density at radius 1 is 1.50 bits per heavy atom. The molecule has 0 unspecified atom stereocenters. The van der Waals surface area contributed by atoms with Crippen molar-refractivity contribution in [2.45, 2.75) is 33.0 Å². The minimum atomic E-state index is -0.298. The predicted octanol–water partition coefficient (Wildman–Crippen LogP) is 1.46. The molecule has 4 heteroatoms. The summed E-state index contributed by atoms with van der Waals surface area (Å²) in [6.07, 6.45) is 3.20. The standard InChI is InChI=1S/C8H15NO3/c1-3-4-5-11-8(2)12-7-9-6-10/h8H,3-5,7H2,1-2H3/t8-/m0/s1. The van der Waals surface area contributed by atoms with Crippen molar-refractivity contribution in [2.24, 2.45) is 4.99 Å². The van der Waals surface area contributed by atoms with Crippen molar-refractivity contribution in [2.75, 3.05) is 13.3 Å². The molecule has 0 spiro atoms. The number of unbranched alkanes of at least 4 members (excludes halogenated alkanes) is 1. The van der Waals surface area contributed by atoms with Crippen molar-refractivity contribution in [1.82, 2.24) is 0 Å². The Hall–Kier alpha value is -0.700. The van der Waals surface area contributed by atoms with E-state index in [1.807, 2.05) is 0 Å². The van der Waals surface area contributed by atoms with Crippen molar-refractivity contribution >= 4 is 6.08 Å². The Balaban J connectivity index is 3.20. The molecule has 0 aromatic heterocycles. The Morgan fingerprint density at radius 2 is 2.25 bits per heavy atom. The van der Waals surface area contributed by atoms with E-state index in [2.05, 4.69) is 11.9 Å². The molecule has 70 valence electrons. The summed E-state index contributed by atoms with van der Waals surface area (Å²) in [6, 6.07) is 0. The number of hydrogen-bond donors (Lipinski definition) is 0. The summed E-state index contributed by atoms with van der Waals surface area (Å²) in [4.78, 5) is 12.9. The van der Waals surface area contributed by atoms with Gasteiger partial charge in [0.25, 0.3) is 0 Å². The summed E-state index contributed by atoms with van der Waals surface area (Å²) >= 11 is 0. The number of carbonyl (C=O) groups excluding carboxylic acids is 1. The minimum absolute atomic E-state index is 0.0246. The van der Waals surface area contributed by atoms with Crippen molar-refractivity contribution in [1.29, 1.82) is 0 Å². The molecule has 0 aliphatic heterocycles. The van der Waals surface area contributed by atoms with Crippen LogP contribution in [0.25, 0.3) is 0 Å². The first-order valence-corrected chi connectivity index (χ1v) is 4.08. The minimum Gasteiger partial charge on any atom is -0.353 e. The van der Waals surface area contributed by atoms with Gasteiger partial charge in [0.05, 0.1) is 0 Å². The summed E-state index contributed by atoms with van der Waals surface area (Å²) in [7, 11) is 0. The molecule has 0 aromatic rings. The van der Waals surface area contributed by atoms with Crippen LogP contribution in [-0.4, -0.2) is 25.7 Å². The van der Waals surface area contributed by atoms with Gasteiger partial charge in [-0.1, -0.05) is 13.3 Å². The molecule has 0 radical (unpaired) electrons. The maximum absolute atomic E-state index is 9.63. The highest BCUT2D eigenvalue weighted by molar-refractivity contribution is 5.32. The molecule has 0 heterocycles. The molecule has 1 atom stereocenters. The van der Waals surface area contributed by atoms with E-state index in [4.69, 9.17) is 9.47 Å². The Labute approximate surface area is 72.6 Å². The highest BCUT2D eigenvalue weighted by Crippen LogP contribution is 1.96. The van der Waals surface area contributed by atoms with Crippen molar-refractivity contribution in [3.05, 3.63) is 0 Å². The van der Waals surface area contributed by atoms with Crippen LogP contribution >= 0.6 is 0 Å². The van der Waals surface area contributed by atoms with Crippen molar-refractivity contribution < 1.29 is 14.3 Å². The fourth-order valence-electron chi connectivity index (χ4n) is 0.610. The van der Waals surface area contributed by atoms with Gasteiger partial charge >= 0.3 is 0 Å². The second-order valence-electron chi connectivity index (χ2n) is 2.34. The molecule has 0 N–H and O–H groups in total. The average Bonchev–Trinajstić information content (AvgIpc) is 2.06. The van der Waals surface area contributed by atoms with Crippen LogP contribution in [-0.2, 0) is 14.3 Å². The Kier molecular flexibility index (Phi) is 7.91. The van der Waals surface area contributed by atoms with Gasteiger partial charge in [0.2, 0.25) is 6.08 Å². The SMILES string of the molecule is CCCCO[C@H](C)OCN=C=O. The van der Waals surface area contributed by atoms with Crippen LogP contribution in [0.3, 0.4) is 0 Å². The van der Waals surface area contributed by atoms with E-state index in [0.29, 0.717) is 6.61 Å². The van der Waals surface area contributed by atoms with E-state index in [1.54, 1.807) is 6.92 Å². The van der Waals surface area contributed by atoms with Gasteiger partial charge in [-0.3, -0.25) is 0 Å². The lowest BCUT2D eigenvalue weighted by Gasteiger charge is -2.11. The van der Waals surface area contributed by atoms with Gasteiger partial charge in [-0.05, 0) is 13.3 Å². The largest absolute Gasteiger partial charge is 0.353 e. The monoisotopic (exact) mass is 173 g/mol. The normalized spacial score (nSPS) is 12.2. The summed E-state index contributed by atoms with van der Waals surface area (Å²) in [6.45, 7) is 4.57. The van der Waals surface area contributed by atoms with Crippen LogP contribution in [0.1, 0.15) is 26.7 Å². The predicted molar refractivity (Wildman–Crippen MR) is 44.4 cm³/mol. The average molecular weight is 173 g/mol. The quantitative estimate of drug-likeness (QED) is 0.253. The van der Waals surface area contributed by atoms with Gasteiger partial charge in [0, 0.05) is 6.61 Å². The van der Waals surface area contributed by atoms with Crippen LogP contribution in [0.4, 0.5) is 0 Å². The first kappa shape index (κ1) is 11.3. The first-order valence-electron chi connectivity index (χ1n) is 4.08. The van der Waals surface area contributed by atoms with E-state index in [9.17, 15) is 4.79 Å². The van der Waals surface area contributed by atoms with E-state index in [0.717, 1.165) is 12.8 Å². The molecule has 0 amide bonds. The zero-order chi connectivity index (χ0) is 9.23. The third-order valence-corrected chi connectivity index (χ3v) is 1.29. The molecular formula is C8H15NO3. The van der Waals surface area contributed by atoms with E-state index < -0.39 is 0 Å². The number of isocyanates is 1. The summed E-state index contributed by atoms with van der Waals surface area (Å²) in [5.41, 5.74) is 0. The third-order valence-electron chi connectivity index (χ3n) is 1.29. The van der Waals surface area contributed by atoms with E-state index in [-0.39, 0.29) is 13.0 Å². The van der Waals surface area contributed by atoms with Gasteiger partial charge in [-0.25, -0.2) is 4.79 Å². The number of nitrogens with zero attached hydrogens (tertiary/aromatic N) is 1. The molecule has 4 nitrogen and oxygen atoms in total. The molecule has 12 heavy (non-hydrogen) atoms. The zero-order valence-corrected chi connectivity index (χ0v) is 7.58. The van der Waals surface area contributed by atoms with Gasteiger partial charge in [0.1, 0.15) is 0 Å². The summed E-state index contributed by atoms with van der Waals surface area (Å²) < 4.78 is 10.2. The second-order valence-corrected chi connectivity index (χ2v) is 2.34. The number of rotatable bonds is 7. The topological polar surface area (TPSA) is 47.9 Å². The Morgan fingerprint density at radius 3 is 2.83 bits per heavy atom. The molecule has 0 saturated heterocycles. The highest BCUT2D eigenvalue weighted by atomic mass is 16.7. The third kappa shape index (κ3) is 7.41. The number of ether oxygens (including phenoxy) is 2. The van der Waals surface area contributed by atoms with Gasteiger partial charge in [-0.15, -0.1) is 0 Å². The van der Waals surface area contributed by atoms with Crippen LogP contribution in [0, 0.1) is 0 Å². The van der Waals surface area contributed by atoms with Crippen LogP contribution in [0.2, 0.25) is 0 Å². The molecular weight excluding hydrogens is 158 g/mol. The molecule has 0 aliphatic carbocycles. The fourth-order valence-corrected chi connectivity index (χ4v) is 0.610. The fraction of sp³-hybridized carbons (Fsp3) is 0.875. The molecule has 0 rings (SSSR count). The van der Waals surface area contributed by atoms with Crippen molar-refractivity contribution in [3.63, 3.8) is 0 Å². The maximum atomic E-state index is 9.63. The smallest absolute Gasteiger partial charge is 0.237 e. The first-order chi connectivity index (χ1) is 5.81. The second kappa shape index (κ2) is 8.40. The number of hydrogen-bond acceptors (Lipinski definition) is 4. The molecule has 0 bridgehead atoms. The van der Waals surface area contributed by atoms with Gasteiger partial charge in [0.15, 0.2) is 13.0 Å². The lowest BCUT2D eigenvalue weighted by atomic mass is 10.4. The van der Waals surface area contributed by atoms with E-state index in [1.165, 1.54) is 6.08 Å². The van der Waals surface area contributed by atoms with Crippen molar-refractivity contribution in [3.8, 4) is 0 Å². The zero-order valence-electron chi connectivity index (χ0n) is 7.58. The number of aliphatic imine (C=N–C) groups is 1. The van der Waals surface area contributed by atoms with Crippen LogP contribution in [0.15, 0.2) is 4.99 Å². The van der Waals surface area contributed by atoms with Gasteiger partial charge < -0.3 is 9.47 Å². The summed E-state index contributed by atoms with van der Waals surface area (Å²) in [5, 5.41) is 0. The molecule has 0 fully saturated rings. The van der Waals surface area contributed by atoms with E-state index >= 15 is 0 Å². The Bertz CT molecular complexity index is 143. The summed E-state index contributed by atoms with van der Waals surface area (Å²) in [5.74, 6) is 0. The van der Waals surface area contributed by atoms with Crippen LogP contribution < -0.4 is 0 Å². The van der Waals surface area contributed by atoms with Gasteiger partial charge in [-0.2, -0.15) is 4.99 Å². The molecule has 0 aromatic carbocycles. The maximum Gasteiger partial charge on any atom is 0.237 e. The molecule has 0 aliphatic rings. The lowest BCUT2D eigenvalue weighted by molar-refractivity contribution is -0.128. The lowest BCUT2D eigenvalue weighted by Crippen LogP contribution is -2.13. The molecule has 0 saturated carbocycles. The highest BCUT2D eigenvalue weighted by Gasteiger charge is 1.99. The van der Waals surface area contributed by atoms with Crippen LogP contribution in [0.5, 0.6) is 0 Å².